The van der Waals surface area contributed by atoms with E-state index in [1.165, 1.54) is 0 Å². The summed E-state index contributed by atoms with van der Waals surface area (Å²) >= 11 is 0. The van der Waals surface area contributed by atoms with Crippen LogP contribution in [0.3, 0.4) is 0 Å². The summed E-state index contributed by atoms with van der Waals surface area (Å²) in [7, 11) is 3.58. The zero-order valence-electron chi connectivity index (χ0n) is 10.7. The van der Waals surface area contributed by atoms with Crippen molar-refractivity contribution in [3.63, 3.8) is 0 Å². The van der Waals surface area contributed by atoms with Gasteiger partial charge in [0.25, 0.3) is 0 Å². The molecule has 1 rings (SSSR count). The molecule has 90 valence electrons. The number of hydrogen-bond acceptors (Lipinski definition) is 3. The van der Waals surface area contributed by atoms with Gasteiger partial charge in [0.05, 0.1) is 6.10 Å². The molecule has 3 heteroatoms. The fraction of sp³-hybridized carbons (Fsp3) is 0.357. The van der Waals surface area contributed by atoms with Crippen LogP contribution in [0.4, 0.5) is 0 Å². The van der Waals surface area contributed by atoms with E-state index in [2.05, 4.69) is 12.0 Å². The summed E-state index contributed by atoms with van der Waals surface area (Å²) in [5, 5.41) is 0. The average molecular weight is 231 g/mol. The van der Waals surface area contributed by atoms with E-state index < -0.39 is 0 Å². The largest absolute Gasteiger partial charge is 0.491 e. The predicted molar refractivity (Wildman–Crippen MR) is 68.0 cm³/mol. The van der Waals surface area contributed by atoms with E-state index in [0.717, 1.165) is 5.75 Å². The van der Waals surface area contributed by atoms with Crippen LogP contribution < -0.4 is 4.74 Å². The average Bonchev–Trinajstić information content (AvgIpc) is 2.26. The maximum atomic E-state index is 11.6. The first kappa shape index (κ1) is 13.1. The molecule has 3 nitrogen and oxygen atoms in total. The fourth-order valence-corrected chi connectivity index (χ4v) is 1.19. The third kappa shape index (κ3) is 4.60. The van der Waals surface area contributed by atoms with Crippen molar-refractivity contribution in [2.45, 2.75) is 20.0 Å². The number of carbonyl (C=O) groups is 1. The van der Waals surface area contributed by atoms with Crippen LogP contribution in [-0.4, -0.2) is 30.9 Å². The van der Waals surface area contributed by atoms with Crippen LogP contribution >= 0.6 is 0 Å². The van der Waals surface area contributed by atoms with E-state index in [0.29, 0.717) is 5.56 Å². The molecular weight excluding hydrogens is 214 g/mol. The van der Waals surface area contributed by atoms with E-state index in [4.69, 9.17) is 4.74 Å². The Kier molecular flexibility index (Phi) is 4.59. The van der Waals surface area contributed by atoms with E-state index >= 15 is 0 Å². The van der Waals surface area contributed by atoms with Crippen LogP contribution in [0, 0.1) is 12.0 Å². The Labute approximate surface area is 102 Å². The van der Waals surface area contributed by atoms with Gasteiger partial charge in [-0.2, -0.15) is 0 Å². The molecule has 0 heterocycles. The van der Waals surface area contributed by atoms with Crippen LogP contribution in [-0.2, 0) is 0 Å². The molecule has 0 aliphatic rings. The van der Waals surface area contributed by atoms with Gasteiger partial charge >= 0.3 is 0 Å². The maximum Gasteiger partial charge on any atom is 0.237 e. The highest BCUT2D eigenvalue weighted by Gasteiger charge is 2.03. The first-order valence-corrected chi connectivity index (χ1v) is 5.49. The van der Waals surface area contributed by atoms with Crippen LogP contribution in [0.25, 0.3) is 0 Å². The van der Waals surface area contributed by atoms with Gasteiger partial charge in [0.15, 0.2) is 0 Å². The van der Waals surface area contributed by atoms with Crippen LogP contribution in [0.1, 0.15) is 24.2 Å². The molecule has 1 aromatic carbocycles. The van der Waals surface area contributed by atoms with Gasteiger partial charge in [-0.25, -0.2) is 0 Å². The highest BCUT2D eigenvalue weighted by molar-refractivity contribution is 6.08. The molecule has 0 atom stereocenters. The van der Waals surface area contributed by atoms with Gasteiger partial charge < -0.3 is 9.64 Å². The summed E-state index contributed by atoms with van der Waals surface area (Å²) in [6.45, 7) is 3.92. The molecule has 0 N–H and O–H groups in total. The molecule has 0 unspecified atom stereocenters. The zero-order chi connectivity index (χ0) is 12.8. The normalized spacial score (nSPS) is 9.47. The SMILES string of the molecule is CC(C)Oc1ccc(C(=O)C#CN(C)C)cc1. The molecule has 0 aliphatic heterocycles. The van der Waals surface area contributed by atoms with Gasteiger partial charge in [-0.3, -0.25) is 4.79 Å². The van der Waals surface area contributed by atoms with Crippen molar-refractivity contribution in [1.82, 2.24) is 4.90 Å². The molecule has 17 heavy (non-hydrogen) atoms. The molecule has 1 aromatic rings. The van der Waals surface area contributed by atoms with Crippen molar-refractivity contribution in [3.8, 4) is 17.7 Å². The summed E-state index contributed by atoms with van der Waals surface area (Å²) in [6.07, 6.45) is 0.130. The monoisotopic (exact) mass is 231 g/mol. The lowest BCUT2D eigenvalue weighted by molar-refractivity contribution is 0.105. The first-order valence-electron chi connectivity index (χ1n) is 5.49. The molecule has 0 spiro atoms. The first-order chi connectivity index (χ1) is 7.99. The summed E-state index contributed by atoms with van der Waals surface area (Å²) in [6, 6.07) is 9.71. The number of ether oxygens (including phenoxy) is 1. The third-order valence-corrected chi connectivity index (χ3v) is 1.88. The van der Waals surface area contributed by atoms with Gasteiger partial charge in [0.2, 0.25) is 5.78 Å². The van der Waals surface area contributed by atoms with E-state index in [1.807, 2.05) is 13.8 Å². The van der Waals surface area contributed by atoms with E-state index in [-0.39, 0.29) is 11.9 Å². The second-order valence-corrected chi connectivity index (χ2v) is 4.15. The molecule has 0 bridgehead atoms. The van der Waals surface area contributed by atoms with Crippen molar-refractivity contribution < 1.29 is 9.53 Å². The maximum absolute atomic E-state index is 11.6. The van der Waals surface area contributed by atoms with Crippen LogP contribution in [0.2, 0.25) is 0 Å². The molecule has 0 saturated heterocycles. The number of benzene rings is 1. The number of nitrogens with zero attached hydrogens (tertiary/aromatic N) is 1. The molecule has 0 aromatic heterocycles. The quantitative estimate of drug-likeness (QED) is 0.453. The molecule has 0 amide bonds. The van der Waals surface area contributed by atoms with Crippen molar-refractivity contribution in [2.24, 2.45) is 0 Å². The van der Waals surface area contributed by atoms with E-state index in [1.54, 1.807) is 43.3 Å². The Morgan fingerprint density at radius 2 is 1.82 bits per heavy atom. The minimum absolute atomic E-state index is 0.130. The Hall–Kier alpha value is -1.95. The minimum Gasteiger partial charge on any atom is -0.491 e. The van der Waals surface area contributed by atoms with Gasteiger partial charge in [-0.15, -0.1) is 0 Å². The highest BCUT2D eigenvalue weighted by Crippen LogP contribution is 2.13. The van der Waals surface area contributed by atoms with Crippen molar-refractivity contribution in [2.75, 3.05) is 14.1 Å². The number of carbonyl (C=O) groups excluding carboxylic acids is 1. The molecule has 0 radical (unpaired) electrons. The van der Waals surface area contributed by atoms with E-state index in [9.17, 15) is 4.79 Å². The van der Waals surface area contributed by atoms with Crippen LogP contribution in [0.15, 0.2) is 24.3 Å². The third-order valence-electron chi connectivity index (χ3n) is 1.88. The Morgan fingerprint density at radius 1 is 1.24 bits per heavy atom. The minimum atomic E-state index is -0.185. The highest BCUT2D eigenvalue weighted by atomic mass is 16.5. The lowest BCUT2D eigenvalue weighted by Gasteiger charge is -2.09. The summed E-state index contributed by atoms with van der Waals surface area (Å²) < 4.78 is 5.49. The topological polar surface area (TPSA) is 29.5 Å². The smallest absolute Gasteiger partial charge is 0.237 e. The number of ketones is 1. The summed E-state index contributed by atoms with van der Waals surface area (Å²) in [5.74, 6) is 3.13. The molecule has 0 fully saturated rings. The molecule has 0 saturated carbocycles. The Morgan fingerprint density at radius 3 is 2.29 bits per heavy atom. The number of rotatable bonds is 3. The van der Waals surface area contributed by atoms with Gasteiger partial charge in [0, 0.05) is 25.7 Å². The lowest BCUT2D eigenvalue weighted by Crippen LogP contribution is -2.06. The van der Waals surface area contributed by atoms with Gasteiger partial charge in [-0.05, 0) is 44.0 Å². The Bertz CT molecular complexity index is 436. The fourth-order valence-electron chi connectivity index (χ4n) is 1.19. The predicted octanol–water partition coefficient (Wildman–Crippen LogP) is 2.18. The number of hydrogen-bond donors (Lipinski definition) is 0. The van der Waals surface area contributed by atoms with Gasteiger partial charge in [-0.1, -0.05) is 0 Å². The van der Waals surface area contributed by atoms with Crippen molar-refractivity contribution >= 4 is 5.78 Å². The van der Waals surface area contributed by atoms with Crippen LogP contribution in [0.5, 0.6) is 5.75 Å². The molecule has 0 aliphatic carbocycles. The van der Waals surface area contributed by atoms with Crippen molar-refractivity contribution in [3.05, 3.63) is 29.8 Å². The second-order valence-electron chi connectivity index (χ2n) is 4.15. The lowest BCUT2D eigenvalue weighted by atomic mass is 10.1. The van der Waals surface area contributed by atoms with Crippen molar-refractivity contribution in [1.29, 1.82) is 0 Å². The number of Topliss-reactive ketones (excluding diaryl/α,β-unsaturated/α-hetero) is 1. The zero-order valence-corrected chi connectivity index (χ0v) is 10.7. The summed E-state index contributed by atoms with van der Waals surface area (Å²) in [4.78, 5) is 13.3. The standard InChI is InChI=1S/C14H17NO2/c1-11(2)17-13-7-5-12(6-8-13)14(16)9-10-15(3)4/h5-8,11H,1-4H3. The second kappa shape index (κ2) is 5.95. The molecular formula is C14H17NO2. The van der Waals surface area contributed by atoms with Gasteiger partial charge in [0.1, 0.15) is 5.75 Å². The summed E-state index contributed by atoms with van der Waals surface area (Å²) in [5.41, 5.74) is 0.579. The Balaban J connectivity index is 2.75.